The van der Waals surface area contributed by atoms with Crippen LogP contribution in [0.5, 0.6) is 0 Å². The Kier molecular flexibility index (Phi) is 6.72. The van der Waals surface area contributed by atoms with E-state index in [0.717, 1.165) is 55.9 Å². The first-order valence-corrected chi connectivity index (χ1v) is 9.98. The van der Waals surface area contributed by atoms with Crippen molar-refractivity contribution in [2.75, 3.05) is 51.7 Å². The molecule has 2 fully saturated rings. The lowest BCUT2D eigenvalue weighted by Crippen LogP contribution is -2.50. The summed E-state index contributed by atoms with van der Waals surface area (Å²) in [7, 11) is 4.09. The molecule has 1 aromatic heterocycles. The Morgan fingerprint density at radius 1 is 1.23 bits per heavy atom. The van der Waals surface area contributed by atoms with Crippen LogP contribution in [0.3, 0.4) is 0 Å². The molecule has 6 heteroatoms. The molecule has 2 aliphatic rings. The van der Waals surface area contributed by atoms with Gasteiger partial charge in [-0.1, -0.05) is 6.07 Å². The molecule has 3 rings (SSSR count). The van der Waals surface area contributed by atoms with Crippen LogP contribution in [0, 0.1) is 12.8 Å². The number of anilines is 1. The molecule has 6 nitrogen and oxygen atoms in total. The molecule has 26 heavy (non-hydrogen) atoms. The van der Waals surface area contributed by atoms with Crippen LogP contribution in [0.25, 0.3) is 0 Å². The Balaban J connectivity index is 1.42. The molecule has 1 unspecified atom stereocenters. The lowest BCUT2D eigenvalue weighted by molar-refractivity contribution is 0.210. The maximum atomic E-state index is 4.65. The number of nitrogens with one attached hydrogen (secondary N) is 2. The molecule has 144 valence electrons. The van der Waals surface area contributed by atoms with Gasteiger partial charge in [0.15, 0.2) is 5.96 Å². The van der Waals surface area contributed by atoms with E-state index < -0.39 is 0 Å². The van der Waals surface area contributed by atoms with Crippen molar-refractivity contribution in [2.45, 2.75) is 38.6 Å². The number of pyridine rings is 1. The molecule has 0 bridgehead atoms. The topological polar surface area (TPSA) is 55.8 Å². The van der Waals surface area contributed by atoms with E-state index in [2.05, 4.69) is 62.6 Å². The van der Waals surface area contributed by atoms with Gasteiger partial charge in [0.05, 0.1) is 0 Å². The van der Waals surface area contributed by atoms with Gasteiger partial charge in [-0.3, -0.25) is 4.99 Å². The molecule has 2 saturated heterocycles. The van der Waals surface area contributed by atoms with Crippen LogP contribution in [-0.2, 0) is 0 Å². The molecule has 0 spiro atoms. The van der Waals surface area contributed by atoms with Crippen molar-refractivity contribution in [3.8, 4) is 0 Å². The minimum atomic E-state index is 0.483. The van der Waals surface area contributed by atoms with Crippen molar-refractivity contribution in [1.29, 1.82) is 0 Å². The zero-order valence-corrected chi connectivity index (χ0v) is 16.5. The average Bonchev–Trinajstić information content (AvgIpc) is 2.66. The first-order chi connectivity index (χ1) is 12.6. The maximum Gasteiger partial charge on any atom is 0.191 e. The second-order valence-corrected chi connectivity index (χ2v) is 7.77. The lowest BCUT2D eigenvalue weighted by atomic mass is 9.98. The summed E-state index contributed by atoms with van der Waals surface area (Å²) < 4.78 is 0. The maximum absolute atomic E-state index is 4.65. The Morgan fingerprint density at radius 3 is 2.73 bits per heavy atom. The van der Waals surface area contributed by atoms with Crippen molar-refractivity contribution in [3.63, 3.8) is 0 Å². The van der Waals surface area contributed by atoms with Crippen molar-refractivity contribution in [2.24, 2.45) is 10.9 Å². The monoisotopic (exact) mass is 358 g/mol. The molecule has 3 heterocycles. The van der Waals surface area contributed by atoms with E-state index in [9.17, 15) is 0 Å². The van der Waals surface area contributed by atoms with Crippen LogP contribution in [0.15, 0.2) is 23.2 Å². The molecule has 0 saturated carbocycles. The zero-order chi connectivity index (χ0) is 18.4. The molecular weight excluding hydrogens is 324 g/mol. The van der Waals surface area contributed by atoms with Crippen molar-refractivity contribution < 1.29 is 0 Å². The van der Waals surface area contributed by atoms with E-state index >= 15 is 0 Å². The van der Waals surface area contributed by atoms with Gasteiger partial charge in [0, 0.05) is 45.0 Å². The molecule has 0 amide bonds. The molecular formula is C20H34N6. The summed E-state index contributed by atoms with van der Waals surface area (Å²) in [5.74, 6) is 2.78. The number of hydrogen-bond donors (Lipinski definition) is 2. The normalized spacial score (nSPS) is 23.1. The average molecular weight is 359 g/mol. The van der Waals surface area contributed by atoms with Crippen LogP contribution in [-0.4, -0.2) is 68.7 Å². The quantitative estimate of drug-likeness (QED) is 0.636. The minimum absolute atomic E-state index is 0.483. The Labute approximate surface area is 158 Å². The molecule has 1 atom stereocenters. The summed E-state index contributed by atoms with van der Waals surface area (Å²) in [4.78, 5) is 13.9. The SMILES string of the molecule is CN=C(NCC1CCCN(C)C1)NC1CCN(c2cccc(C)n2)CC1. The largest absolute Gasteiger partial charge is 0.356 e. The van der Waals surface area contributed by atoms with Gasteiger partial charge in [-0.05, 0) is 64.3 Å². The highest BCUT2D eigenvalue weighted by Crippen LogP contribution is 2.18. The van der Waals surface area contributed by atoms with E-state index in [1.807, 2.05) is 7.05 Å². The highest BCUT2D eigenvalue weighted by atomic mass is 15.2. The van der Waals surface area contributed by atoms with E-state index in [4.69, 9.17) is 0 Å². The number of hydrogen-bond acceptors (Lipinski definition) is 4. The third-order valence-electron chi connectivity index (χ3n) is 5.54. The van der Waals surface area contributed by atoms with Crippen molar-refractivity contribution in [3.05, 3.63) is 23.9 Å². The predicted molar refractivity (Wildman–Crippen MR) is 109 cm³/mol. The number of guanidine groups is 1. The summed E-state index contributed by atoms with van der Waals surface area (Å²) in [6, 6.07) is 6.74. The number of likely N-dealkylation sites (tertiary alicyclic amines) is 1. The van der Waals surface area contributed by atoms with Gasteiger partial charge in [0.25, 0.3) is 0 Å². The third-order valence-corrected chi connectivity index (χ3v) is 5.54. The minimum Gasteiger partial charge on any atom is -0.356 e. The Morgan fingerprint density at radius 2 is 2.04 bits per heavy atom. The molecule has 0 aromatic carbocycles. The molecule has 2 aliphatic heterocycles. The van der Waals surface area contributed by atoms with Crippen LogP contribution in [0.1, 0.15) is 31.4 Å². The second-order valence-electron chi connectivity index (χ2n) is 7.77. The summed E-state index contributed by atoms with van der Waals surface area (Å²) in [5.41, 5.74) is 1.08. The standard InChI is InChI=1S/C20H34N6/c1-16-6-4-8-19(23-16)26-12-9-18(10-13-26)24-20(21-2)22-14-17-7-5-11-25(3)15-17/h4,6,8,17-18H,5,7,9-15H2,1-3H3,(H2,21,22,24). The van der Waals surface area contributed by atoms with Gasteiger partial charge in [-0.2, -0.15) is 0 Å². The smallest absolute Gasteiger partial charge is 0.191 e. The van der Waals surface area contributed by atoms with Gasteiger partial charge in [-0.15, -0.1) is 0 Å². The third kappa shape index (κ3) is 5.34. The van der Waals surface area contributed by atoms with E-state index in [0.29, 0.717) is 6.04 Å². The highest BCUT2D eigenvalue weighted by Gasteiger charge is 2.22. The zero-order valence-electron chi connectivity index (χ0n) is 16.5. The fourth-order valence-corrected chi connectivity index (χ4v) is 4.03. The van der Waals surface area contributed by atoms with Crippen LogP contribution in [0.2, 0.25) is 0 Å². The number of aliphatic imine (C=N–C) groups is 1. The van der Waals surface area contributed by atoms with Gasteiger partial charge < -0.3 is 20.4 Å². The number of rotatable bonds is 4. The summed E-state index contributed by atoms with van der Waals surface area (Å²) in [6.45, 7) is 7.56. The molecule has 0 aliphatic carbocycles. The lowest BCUT2D eigenvalue weighted by Gasteiger charge is -2.34. The summed E-state index contributed by atoms with van der Waals surface area (Å²) in [6.07, 6.45) is 4.85. The number of aromatic nitrogens is 1. The highest BCUT2D eigenvalue weighted by molar-refractivity contribution is 5.80. The number of piperidine rings is 2. The van der Waals surface area contributed by atoms with Gasteiger partial charge in [-0.25, -0.2) is 4.98 Å². The van der Waals surface area contributed by atoms with Crippen molar-refractivity contribution >= 4 is 11.8 Å². The fourth-order valence-electron chi connectivity index (χ4n) is 4.03. The van der Waals surface area contributed by atoms with E-state index in [-0.39, 0.29) is 0 Å². The number of nitrogens with zero attached hydrogens (tertiary/aromatic N) is 4. The van der Waals surface area contributed by atoms with Crippen LogP contribution < -0.4 is 15.5 Å². The Hall–Kier alpha value is -1.82. The summed E-state index contributed by atoms with van der Waals surface area (Å²) in [5, 5.41) is 7.16. The molecule has 0 radical (unpaired) electrons. The van der Waals surface area contributed by atoms with Gasteiger partial charge in [0.2, 0.25) is 0 Å². The Bertz CT molecular complexity index is 594. The van der Waals surface area contributed by atoms with E-state index in [1.54, 1.807) is 0 Å². The first-order valence-electron chi connectivity index (χ1n) is 9.98. The molecule has 2 N–H and O–H groups in total. The van der Waals surface area contributed by atoms with Crippen LogP contribution in [0.4, 0.5) is 5.82 Å². The number of aryl methyl sites for hydroxylation is 1. The first kappa shape index (κ1) is 19.0. The van der Waals surface area contributed by atoms with Gasteiger partial charge >= 0.3 is 0 Å². The predicted octanol–water partition coefficient (Wildman–Crippen LogP) is 1.87. The second kappa shape index (κ2) is 9.21. The molecule has 1 aromatic rings. The van der Waals surface area contributed by atoms with Crippen LogP contribution >= 0.6 is 0 Å². The van der Waals surface area contributed by atoms with Gasteiger partial charge in [0.1, 0.15) is 5.82 Å². The van der Waals surface area contributed by atoms with E-state index in [1.165, 1.54) is 25.9 Å². The summed E-state index contributed by atoms with van der Waals surface area (Å²) >= 11 is 0. The fraction of sp³-hybridized carbons (Fsp3) is 0.700. The van der Waals surface area contributed by atoms with Crippen molar-refractivity contribution in [1.82, 2.24) is 20.5 Å².